The lowest BCUT2D eigenvalue weighted by Gasteiger charge is -2.33. The standard InChI is InChI=1S/C15H22N2O3/c1-20-13-3-2-8-17(10-13)15(19)14(16)9-11-4-6-12(18)7-5-11/h4-7,13-14,18H,2-3,8-10,16H2,1H3/t13?,14-/m0/s1. The molecule has 2 atom stereocenters. The molecule has 5 heteroatoms. The number of piperidine rings is 1. The molecular formula is C15H22N2O3. The average Bonchev–Trinajstić information content (AvgIpc) is 2.48. The van der Waals surface area contributed by atoms with Gasteiger partial charge in [0.05, 0.1) is 12.1 Å². The van der Waals surface area contributed by atoms with E-state index in [1.165, 1.54) is 0 Å². The van der Waals surface area contributed by atoms with Crippen molar-refractivity contribution in [3.63, 3.8) is 0 Å². The Hall–Kier alpha value is -1.59. The van der Waals surface area contributed by atoms with Crippen molar-refractivity contribution in [2.24, 2.45) is 5.73 Å². The van der Waals surface area contributed by atoms with Crippen molar-refractivity contribution in [1.82, 2.24) is 4.90 Å². The number of carbonyl (C=O) groups is 1. The van der Waals surface area contributed by atoms with E-state index in [1.807, 2.05) is 0 Å². The number of carbonyl (C=O) groups excluding carboxylic acids is 1. The van der Waals surface area contributed by atoms with Gasteiger partial charge in [-0.15, -0.1) is 0 Å². The normalized spacial score (nSPS) is 20.7. The molecule has 0 saturated carbocycles. The monoisotopic (exact) mass is 278 g/mol. The average molecular weight is 278 g/mol. The minimum absolute atomic E-state index is 0.0279. The zero-order chi connectivity index (χ0) is 14.5. The van der Waals surface area contributed by atoms with Gasteiger partial charge >= 0.3 is 0 Å². The number of likely N-dealkylation sites (tertiary alicyclic amines) is 1. The Balaban J connectivity index is 1.92. The number of hydrogen-bond acceptors (Lipinski definition) is 4. The molecule has 1 aliphatic rings. The van der Waals surface area contributed by atoms with Crippen LogP contribution in [0.25, 0.3) is 0 Å². The van der Waals surface area contributed by atoms with E-state index >= 15 is 0 Å². The van der Waals surface area contributed by atoms with Crippen LogP contribution in [0.15, 0.2) is 24.3 Å². The third kappa shape index (κ3) is 3.71. The largest absolute Gasteiger partial charge is 0.508 e. The predicted molar refractivity (Wildman–Crippen MR) is 76.4 cm³/mol. The molecule has 20 heavy (non-hydrogen) atoms. The van der Waals surface area contributed by atoms with Crippen LogP contribution in [0.3, 0.4) is 0 Å². The van der Waals surface area contributed by atoms with Gasteiger partial charge in [-0.1, -0.05) is 12.1 Å². The first kappa shape index (κ1) is 14.8. The number of amides is 1. The van der Waals surface area contributed by atoms with E-state index in [0.29, 0.717) is 13.0 Å². The molecule has 110 valence electrons. The molecule has 5 nitrogen and oxygen atoms in total. The highest BCUT2D eigenvalue weighted by Gasteiger charge is 2.27. The molecule has 0 radical (unpaired) electrons. The number of ether oxygens (including phenoxy) is 1. The van der Waals surface area contributed by atoms with Crippen LogP contribution in [0.2, 0.25) is 0 Å². The van der Waals surface area contributed by atoms with Crippen LogP contribution in [0.4, 0.5) is 0 Å². The minimum Gasteiger partial charge on any atom is -0.508 e. The second-order valence-corrected chi connectivity index (χ2v) is 5.26. The highest BCUT2D eigenvalue weighted by atomic mass is 16.5. The molecule has 0 bridgehead atoms. The summed E-state index contributed by atoms with van der Waals surface area (Å²) >= 11 is 0. The topological polar surface area (TPSA) is 75.8 Å². The molecular weight excluding hydrogens is 256 g/mol. The zero-order valence-corrected chi connectivity index (χ0v) is 11.8. The van der Waals surface area contributed by atoms with Crippen LogP contribution in [0.1, 0.15) is 18.4 Å². The maximum atomic E-state index is 12.3. The molecule has 1 aromatic carbocycles. The number of phenolic OH excluding ortho intramolecular Hbond substituents is 1. The van der Waals surface area contributed by atoms with E-state index in [0.717, 1.165) is 24.9 Å². The van der Waals surface area contributed by atoms with Gasteiger partial charge in [-0.05, 0) is 37.0 Å². The lowest BCUT2D eigenvalue weighted by atomic mass is 10.0. The molecule has 1 aromatic rings. The van der Waals surface area contributed by atoms with Gasteiger partial charge in [-0.2, -0.15) is 0 Å². The van der Waals surface area contributed by atoms with Gasteiger partial charge < -0.3 is 20.5 Å². The minimum atomic E-state index is -0.546. The lowest BCUT2D eigenvalue weighted by Crippen LogP contribution is -2.50. The van der Waals surface area contributed by atoms with Crippen molar-refractivity contribution < 1.29 is 14.6 Å². The highest BCUT2D eigenvalue weighted by molar-refractivity contribution is 5.82. The first-order valence-corrected chi connectivity index (χ1v) is 6.95. The Morgan fingerprint density at radius 1 is 1.50 bits per heavy atom. The molecule has 0 aliphatic carbocycles. The maximum absolute atomic E-state index is 12.3. The van der Waals surface area contributed by atoms with Crippen LogP contribution in [-0.4, -0.2) is 48.3 Å². The highest BCUT2D eigenvalue weighted by Crippen LogP contribution is 2.15. The molecule has 1 heterocycles. The molecule has 0 spiro atoms. The first-order valence-electron chi connectivity index (χ1n) is 6.95. The Bertz CT molecular complexity index is 447. The summed E-state index contributed by atoms with van der Waals surface area (Å²) in [4.78, 5) is 14.1. The molecule has 0 aromatic heterocycles. The Morgan fingerprint density at radius 2 is 2.20 bits per heavy atom. The summed E-state index contributed by atoms with van der Waals surface area (Å²) in [6.07, 6.45) is 2.55. The molecule has 1 fully saturated rings. The second kappa shape index (κ2) is 6.72. The molecule has 1 unspecified atom stereocenters. The molecule has 1 aliphatic heterocycles. The van der Waals surface area contributed by atoms with Crippen LogP contribution >= 0.6 is 0 Å². The fraction of sp³-hybridized carbons (Fsp3) is 0.533. The fourth-order valence-corrected chi connectivity index (χ4v) is 2.54. The lowest BCUT2D eigenvalue weighted by molar-refractivity contribution is -0.136. The Morgan fingerprint density at radius 3 is 2.85 bits per heavy atom. The molecule has 3 N–H and O–H groups in total. The predicted octanol–water partition coefficient (Wildman–Crippen LogP) is 0.899. The van der Waals surface area contributed by atoms with Gasteiger partial charge in [0.1, 0.15) is 5.75 Å². The summed E-state index contributed by atoms with van der Waals surface area (Å²) in [6.45, 7) is 1.38. The number of nitrogens with zero attached hydrogens (tertiary/aromatic N) is 1. The third-order valence-corrected chi connectivity index (χ3v) is 3.73. The van der Waals surface area contributed by atoms with Gasteiger partial charge in [0, 0.05) is 20.2 Å². The number of benzene rings is 1. The Labute approximate surface area is 119 Å². The van der Waals surface area contributed by atoms with Gasteiger partial charge in [0.25, 0.3) is 0 Å². The molecule has 2 rings (SSSR count). The van der Waals surface area contributed by atoms with E-state index in [-0.39, 0.29) is 17.8 Å². The second-order valence-electron chi connectivity index (χ2n) is 5.26. The summed E-state index contributed by atoms with van der Waals surface area (Å²) in [5, 5.41) is 9.24. The SMILES string of the molecule is COC1CCCN(C(=O)[C@@H](N)Cc2ccc(O)cc2)C1. The van der Waals surface area contributed by atoms with Crippen LogP contribution in [-0.2, 0) is 16.0 Å². The van der Waals surface area contributed by atoms with Crippen LogP contribution in [0, 0.1) is 0 Å². The number of phenols is 1. The van der Waals surface area contributed by atoms with Gasteiger partial charge in [-0.3, -0.25) is 4.79 Å². The number of rotatable bonds is 4. The van der Waals surface area contributed by atoms with E-state index in [4.69, 9.17) is 10.5 Å². The van der Waals surface area contributed by atoms with Gasteiger partial charge in [0.15, 0.2) is 0 Å². The first-order chi connectivity index (χ1) is 9.60. The summed E-state index contributed by atoms with van der Waals surface area (Å²) in [7, 11) is 1.68. The number of methoxy groups -OCH3 is 1. The maximum Gasteiger partial charge on any atom is 0.239 e. The fourth-order valence-electron chi connectivity index (χ4n) is 2.54. The van der Waals surface area contributed by atoms with E-state index < -0.39 is 6.04 Å². The summed E-state index contributed by atoms with van der Waals surface area (Å²) in [6, 6.07) is 6.24. The van der Waals surface area contributed by atoms with Crippen molar-refractivity contribution in [3.8, 4) is 5.75 Å². The molecule has 1 amide bonds. The van der Waals surface area contributed by atoms with E-state index in [1.54, 1.807) is 36.3 Å². The zero-order valence-electron chi connectivity index (χ0n) is 11.8. The molecule has 1 saturated heterocycles. The van der Waals surface area contributed by atoms with E-state index in [9.17, 15) is 9.90 Å². The quantitative estimate of drug-likeness (QED) is 0.858. The number of hydrogen-bond donors (Lipinski definition) is 2. The summed E-state index contributed by atoms with van der Waals surface area (Å²) in [5.74, 6) is 0.187. The van der Waals surface area contributed by atoms with Crippen molar-refractivity contribution in [3.05, 3.63) is 29.8 Å². The van der Waals surface area contributed by atoms with E-state index in [2.05, 4.69) is 0 Å². The third-order valence-electron chi connectivity index (χ3n) is 3.73. The van der Waals surface area contributed by atoms with Crippen LogP contribution in [0.5, 0.6) is 5.75 Å². The van der Waals surface area contributed by atoms with Gasteiger partial charge in [-0.25, -0.2) is 0 Å². The van der Waals surface area contributed by atoms with Crippen molar-refractivity contribution >= 4 is 5.91 Å². The van der Waals surface area contributed by atoms with Crippen molar-refractivity contribution in [1.29, 1.82) is 0 Å². The van der Waals surface area contributed by atoms with Crippen molar-refractivity contribution in [2.75, 3.05) is 20.2 Å². The number of nitrogens with two attached hydrogens (primary N) is 1. The summed E-state index contributed by atoms with van der Waals surface area (Å²) < 4.78 is 5.32. The smallest absolute Gasteiger partial charge is 0.239 e. The van der Waals surface area contributed by atoms with Gasteiger partial charge in [0.2, 0.25) is 5.91 Å². The number of aromatic hydroxyl groups is 1. The summed E-state index contributed by atoms with van der Waals surface area (Å²) in [5.41, 5.74) is 6.96. The van der Waals surface area contributed by atoms with Crippen LogP contribution < -0.4 is 5.73 Å². The Kier molecular flexibility index (Phi) is 4.98. The van der Waals surface area contributed by atoms with Crippen molar-refractivity contribution in [2.45, 2.75) is 31.4 Å².